The van der Waals surface area contributed by atoms with E-state index in [1.54, 1.807) is 0 Å². The maximum atomic E-state index is 13.9. The van der Waals surface area contributed by atoms with E-state index in [2.05, 4.69) is 0 Å². The Hall–Kier alpha value is -3.95. The zero-order valence-electron chi connectivity index (χ0n) is 23.8. The van der Waals surface area contributed by atoms with E-state index in [-0.39, 0.29) is 11.1 Å². The molecule has 0 spiro atoms. The average Bonchev–Trinajstić information content (AvgIpc) is 3.02. The number of aromatic hydroxyl groups is 4. The molecule has 2 saturated heterocycles. The van der Waals surface area contributed by atoms with Gasteiger partial charge in [0.05, 0.1) is 20.3 Å². The monoisotopic (exact) mass is 656 g/mol. The lowest BCUT2D eigenvalue weighted by molar-refractivity contribution is -0.352. The van der Waals surface area contributed by atoms with Crippen LogP contribution in [-0.4, -0.2) is 138 Å². The number of fused-ring (bicyclic) bond motifs is 1. The summed E-state index contributed by atoms with van der Waals surface area (Å²) in [6.45, 7) is -1.71. The molecular weight excluding hydrogens is 624 g/mol. The predicted octanol–water partition coefficient (Wildman–Crippen LogP) is -2.71. The summed E-state index contributed by atoms with van der Waals surface area (Å²) in [7, 11) is 1.11. The summed E-state index contributed by atoms with van der Waals surface area (Å²) in [5, 5.41) is 112. The first kappa shape index (κ1) is 33.4. The summed E-state index contributed by atoms with van der Waals surface area (Å²) in [6.07, 6.45) is -18.1. The number of aliphatic hydroxyl groups is 7. The molecule has 3 heterocycles. The third-order valence-corrected chi connectivity index (χ3v) is 7.69. The summed E-state index contributed by atoms with van der Waals surface area (Å²) in [4.78, 5) is 13.9. The molecule has 0 radical (unpaired) electrons. The number of phenols is 4. The van der Waals surface area contributed by atoms with Crippen LogP contribution in [0.25, 0.3) is 22.3 Å². The Labute approximate surface area is 257 Å². The molecule has 2 aromatic carbocycles. The number of hydrogen-bond acceptors (Lipinski definition) is 18. The SMILES string of the molecule is COc1c(O)cc2oc(-c3ccc(O)c(O)c3)c(OC3OC(CO)C(O)C(OC4OC(CO)C(O)C(O)C4O)C3O)c(=O)c2c1O. The molecule has 2 fully saturated rings. The second-order valence-electron chi connectivity index (χ2n) is 10.6. The lowest BCUT2D eigenvalue weighted by Crippen LogP contribution is -2.65. The van der Waals surface area contributed by atoms with Crippen LogP contribution in [0.1, 0.15) is 0 Å². The molecule has 3 aromatic rings. The smallest absolute Gasteiger partial charge is 0.239 e. The maximum Gasteiger partial charge on any atom is 0.239 e. The quantitative estimate of drug-likeness (QED) is 0.110. The first-order valence-electron chi connectivity index (χ1n) is 13.7. The zero-order chi connectivity index (χ0) is 33.6. The molecule has 0 saturated carbocycles. The Morgan fingerprint density at radius 2 is 1.39 bits per heavy atom. The van der Waals surface area contributed by atoms with Crippen molar-refractivity contribution in [3.8, 4) is 45.8 Å². The molecule has 0 bridgehead atoms. The van der Waals surface area contributed by atoms with E-state index in [0.29, 0.717) is 0 Å². The number of methoxy groups -OCH3 is 1. The van der Waals surface area contributed by atoms with Crippen molar-refractivity contribution in [3.63, 3.8) is 0 Å². The van der Waals surface area contributed by atoms with E-state index < -0.39 is 126 Å². The first-order valence-corrected chi connectivity index (χ1v) is 13.7. The number of aliphatic hydroxyl groups excluding tert-OH is 7. The average molecular weight is 657 g/mol. The van der Waals surface area contributed by atoms with Crippen molar-refractivity contribution in [1.82, 2.24) is 0 Å². The molecule has 10 atom stereocenters. The van der Waals surface area contributed by atoms with Crippen LogP contribution >= 0.6 is 0 Å². The highest BCUT2D eigenvalue weighted by atomic mass is 16.7. The van der Waals surface area contributed by atoms with Crippen LogP contribution < -0.4 is 14.9 Å². The molecule has 2 aliphatic heterocycles. The van der Waals surface area contributed by atoms with Crippen molar-refractivity contribution < 1.29 is 84.3 Å². The van der Waals surface area contributed by atoms with E-state index in [0.717, 1.165) is 25.3 Å². The van der Waals surface area contributed by atoms with Gasteiger partial charge in [-0.1, -0.05) is 0 Å². The summed E-state index contributed by atoms with van der Waals surface area (Å²) in [5.41, 5.74) is -1.58. The van der Waals surface area contributed by atoms with Crippen molar-refractivity contribution in [2.24, 2.45) is 0 Å². The second kappa shape index (κ2) is 13.0. The molecule has 0 aliphatic carbocycles. The van der Waals surface area contributed by atoms with Gasteiger partial charge in [-0.3, -0.25) is 4.79 Å². The van der Waals surface area contributed by atoms with Crippen LogP contribution in [0.5, 0.6) is 34.5 Å². The van der Waals surface area contributed by atoms with E-state index in [4.69, 9.17) is 28.1 Å². The minimum atomic E-state index is -2.07. The van der Waals surface area contributed by atoms with Gasteiger partial charge < -0.3 is 84.3 Å². The van der Waals surface area contributed by atoms with Gasteiger partial charge in [0, 0.05) is 11.6 Å². The first-order chi connectivity index (χ1) is 21.8. The molecule has 10 unspecified atom stereocenters. The Morgan fingerprint density at radius 1 is 0.739 bits per heavy atom. The molecule has 2 aliphatic rings. The second-order valence-corrected chi connectivity index (χ2v) is 10.6. The van der Waals surface area contributed by atoms with Crippen molar-refractivity contribution in [2.45, 2.75) is 61.4 Å². The highest BCUT2D eigenvalue weighted by Gasteiger charge is 2.51. The number of rotatable bonds is 8. The Morgan fingerprint density at radius 3 is 2.02 bits per heavy atom. The molecule has 18 nitrogen and oxygen atoms in total. The largest absolute Gasteiger partial charge is 0.504 e. The molecule has 0 amide bonds. The topological polar surface area (TPSA) is 299 Å². The van der Waals surface area contributed by atoms with Gasteiger partial charge in [-0.2, -0.15) is 0 Å². The zero-order valence-corrected chi connectivity index (χ0v) is 23.8. The van der Waals surface area contributed by atoms with Crippen molar-refractivity contribution in [1.29, 1.82) is 0 Å². The number of hydrogen-bond donors (Lipinski definition) is 11. The third-order valence-electron chi connectivity index (χ3n) is 7.69. The van der Waals surface area contributed by atoms with Gasteiger partial charge in [-0.25, -0.2) is 0 Å². The predicted molar refractivity (Wildman–Crippen MR) is 148 cm³/mol. The van der Waals surface area contributed by atoms with Crippen LogP contribution in [0.3, 0.4) is 0 Å². The molecule has 1 aromatic heterocycles. The lowest BCUT2D eigenvalue weighted by atomic mass is 9.97. The molecule has 252 valence electrons. The number of ether oxygens (including phenoxy) is 5. The molecule has 18 heteroatoms. The fourth-order valence-corrected chi connectivity index (χ4v) is 5.21. The van der Waals surface area contributed by atoms with Gasteiger partial charge in [-0.05, 0) is 18.2 Å². The molecule has 5 rings (SSSR count). The minimum Gasteiger partial charge on any atom is -0.504 e. The van der Waals surface area contributed by atoms with Crippen molar-refractivity contribution in [3.05, 3.63) is 34.5 Å². The van der Waals surface area contributed by atoms with Gasteiger partial charge in [-0.15, -0.1) is 0 Å². The molecule has 46 heavy (non-hydrogen) atoms. The van der Waals surface area contributed by atoms with Gasteiger partial charge in [0.15, 0.2) is 35.0 Å². The number of phenolic OH excluding ortho intramolecular Hbond substituents is 4. The number of benzene rings is 2. The van der Waals surface area contributed by atoms with Crippen LogP contribution in [0, 0.1) is 0 Å². The molecule has 11 N–H and O–H groups in total. The van der Waals surface area contributed by atoms with E-state index in [1.165, 1.54) is 6.07 Å². The van der Waals surface area contributed by atoms with Gasteiger partial charge in [0.1, 0.15) is 59.8 Å². The highest BCUT2D eigenvalue weighted by molar-refractivity contribution is 5.91. The van der Waals surface area contributed by atoms with Gasteiger partial charge in [0.2, 0.25) is 23.2 Å². The summed E-state index contributed by atoms with van der Waals surface area (Å²) in [5.74, 6) is -4.37. The highest BCUT2D eigenvalue weighted by Crippen LogP contribution is 2.44. The summed E-state index contributed by atoms with van der Waals surface area (Å²) >= 11 is 0. The van der Waals surface area contributed by atoms with E-state index >= 15 is 0 Å². The van der Waals surface area contributed by atoms with Crippen LogP contribution in [0.15, 0.2) is 33.5 Å². The third kappa shape index (κ3) is 5.75. The van der Waals surface area contributed by atoms with Gasteiger partial charge in [0.25, 0.3) is 0 Å². The van der Waals surface area contributed by atoms with Crippen molar-refractivity contribution >= 4 is 11.0 Å². The Bertz CT molecular complexity index is 1620. The van der Waals surface area contributed by atoms with E-state index in [1.807, 2.05) is 0 Å². The fraction of sp³-hybridized carbons (Fsp3) is 0.464. The maximum absolute atomic E-state index is 13.9. The Kier molecular flexibility index (Phi) is 9.47. The van der Waals surface area contributed by atoms with Crippen LogP contribution in [0.2, 0.25) is 0 Å². The minimum absolute atomic E-state index is 0.0859. The summed E-state index contributed by atoms with van der Waals surface area (Å²) < 4.78 is 32.8. The summed E-state index contributed by atoms with van der Waals surface area (Å²) in [6, 6.07) is 4.20. The van der Waals surface area contributed by atoms with Gasteiger partial charge >= 0.3 is 0 Å². The fourth-order valence-electron chi connectivity index (χ4n) is 5.21. The van der Waals surface area contributed by atoms with Crippen molar-refractivity contribution in [2.75, 3.05) is 20.3 Å². The van der Waals surface area contributed by atoms with Crippen LogP contribution in [-0.2, 0) is 14.2 Å². The van der Waals surface area contributed by atoms with E-state index in [9.17, 15) is 61.0 Å². The Balaban J connectivity index is 1.58. The van der Waals surface area contributed by atoms with Crippen LogP contribution in [0.4, 0.5) is 0 Å². The standard InChI is InChI=1S/C28H32O18/c1-41-24-11(33)5-12-15(18(24)36)19(37)26(23(42-12)8-2-3-9(31)10(32)4-8)46-28-22(40)25(17(35)14(7-30)44-28)45-27-21(39)20(38)16(34)13(6-29)43-27/h2-5,13-14,16-17,20-22,25,27-36,38-40H,6-7H2,1H3. The normalized spacial score (nSPS) is 31.6. The lowest BCUT2D eigenvalue weighted by Gasteiger charge is -2.45. The molecular formula is C28H32O18.